The van der Waals surface area contributed by atoms with Crippen LogP contribution in [0.4, 0.5) is 0 Å². The average Bonchev–Trinajstić information content (AvgIpc) is 2.94. The first-order valence-electron chi connectivity index (χ1n) is 8.14. The zero-order valence-corrected chi connectivity index (χ0v) is 12.9. The van der Waals surface area contributed by atoms with Gasteiger partial charge in [0, 0.05) is 19.5 Å². The van der Waals surface area contributed by atoms with E-state index in [1.54, 1.807) is 0 Å². The van der Waals surface area contributed by atoms with Gasteiger partial charge in [0.2, 0.25) is 5.91 Å². The van der Waals surface area contributed by atoms with E-state index in [-0.39, 0.29) is 17.7 Å². The Bertz CT molecular complexity index is 575. The molecule has 0 aromatic heterocycles. The van der Waals surface area contributed by atoms with Gasteiger partial charge in [-0.25, -0.2) is 0 Å². The molecule has 1 amide bonds. The van der Waals surface area contributed by atoms with Crippen molar-refractivity contribution in [2.75, 3.05) is 6.54 Å². The Morgan fingerprint density at radius 3 is 2.45 bits per heavy atom. The highest BCUT2D eigenvalue weighted by Gasteiger charge is 2.39. The molecule has 4 heteroatoms. The van der Waals surface area contributed by atoms with Crippen molar-refractivity contribution < 1.29 is 14.7 Å². The van der Waals surface area contributed by atoms with Gasteiger partial charge in [-0.3, -0.25) is 9.59 Å². The molecule has 1 saturated carbocycles. The second-order valence-electron chi connectivity index (χ2n) is 6.79. The fourth-order valence-corrected chi connectivity index (χ4v) is 4.00. The van der Waals surface area contributed by atoms with Gasteiger partial charge in [0.25, 0.3) is 0 Å². The molecule has 0 spiro atoms. The third kappa shape index (κ3) is 3.16. The number of aliphatic carboxylic acids is 1. The fourth-order valence-electron chi connectivity index (χ4n) is 4.00. The van der Waals surface area contributed by atoms with Crippen LogP contribution in [0.15, 0.2) is 24.3 Å². The van der Waals surface area contributed by atoms with Crippen molar-refractivity contribution in [3.8, 4) is 0 Å². The summed E-state index contributed by atoms with van der Waals surface area (Å²) in [4.78, 5) is 25.7. The van der Waals surface area contributed by atoms with Gasteiger partial charge in [-0.15, -0.1) is 0 Å². The molecular formula is C18H23NO3. The topological polar surface area (TPSA) is 57.6 Å². The van der Waals surface area contributed by atoms with E-state index in [0.717, 1.165) is 38.6 Å². The van der Waals surface area contributed by atoms with Crippen LogP contribution in [0.25, 0.3) is 0 Å². The molecule has 0 atom stereocenters. The zero-order valence-electron chi connectivity index (χ0n) is 12.9. The van der Waals surface area contributed by atoms with Crippen LogP contribution in [0.5, 0.6) is 0 Å². The molecule has 1 aromatic rings. The van der Waals surface area contributed by atoms with E-state index in [4.69, 9.17) is 5.11 Å². The fraction of sp³-hybridized carbons (Fsp3) is 0.556. The van der Waals surface area contributed by atoms with Gasteiger partial charge >= 0.3 is 5.97 Å². The quantitative estimate of drug-likeness (QED) is 0.930. The largest absolute Gasteiger partial charge is 0.481 e. The number of amides is 1. The average molecular weight is 301 g/mol. The van der Waals surface area contributed by atoms with Crippen LogP contribution in [0.2, 0.25) is 0 Å². The van der Waals surface area contributed by atoms with E-state index in [1.165, 1.54) is 11.1 Å². The highest BCUT2D eigenvalue weighted by atomic mass is 16.4. The van der Waals surface area contributed by atoms with E-state index in [1.807, 2.05) is 17.0 Å². The summed E-state index contributed by atoms with van der Waals surface area (Å²) in [6.07, 6.45) is 5.25. The Morgan fingerprint density at radius 2 is 1.77 bits per heavy atom. The van der Waals surface area contributed by atoms with Gasteiger partial charge in [0.05, 0.1) is 6.42 Å². The van der Waals surface area contributed by atoms with E-state index >= 15 is 0 Å². The van der Waals surface area contributed by atoms with Crippen molar-refractivity contribution in [3.63, 3.8) is 0 Å². The molecule has 2 aliphatic rings. The summed E-state index contributed by atoms with van der Waals surface area (Å²) in [7, 11) is 0. The van der Waals surface area contributed by atoms with E-state index in [2.05, 4.69) is 12.1 Å². The first kappa shape index (κ1) is 15.1. The minimum atomic E-state index is -0.779. The highest BCUT2D eigenvalue weighted by molar-refractivity contribution is 5.78. The van der Waals surface area contributed by atoms with E-state index in [0.29, 0.717) is 13.0 Å². The number of hydrogen-bond donors (Lipinski definition) is 1. The van der Waals surface area contributed by atoms with E-state index in [9.17, 15) is 9.59 Å². The molecule has 118 valence electrons. The maximum absolute atomic E-state index is 12.7. The van der Waals surface area contributed by atoms with Gasteiger partial charge in [-0.2, -0.15) is 0 Å². The molecule has 0 unspecified atom stereocenters. The Hall–Kier alpha value is -1.84. The summed E-state index contributed by atoms with van der Waals surface area (Å²) in [5.41, 5.74) is 2.24. The second-order valence-corrected chi connectivity index (χ2v) is 6.79. The van der Waals surface area contributed by atoms with Gasteiger partial charge in [-0.05, 0) is 35.8 Å². The van der Waals surface area contributed by atoms with Gasteiger partial charge in [0.1, 0.15) is 0 Å². The van der Waals surface area contributed by atoms with Gasteiger partial charge < -0.3 is 10.0 Å². The molecule has 4 nitrogen and oxygen atoms in total. The van der Waals surface area contributed by atoms with Crippen molar-refractivity contribution in [1.82, 2.24) is 4.90 Å². The highest BCUT2D eigenvalue weighted by Crippen LogP contribution is 2.44. The van der Waals surface area contributed by atoms with Gasteiger partial charge in [-0.1, -0.05) is 37.1 Å². The molecule has 0 bridgehead atoms. The molecule has 1 heterocycles. The first-order valence-corrected chi connectivity index (χ1v) is 8.14. The second kappa shape index (κ2) is 6.11. The molecule has 0 saturated heterocycles. The maximum atomic E-state index is 12.7. The summed E-state index contributed by atoms with van der Waals surface area (Å²) < 4.78 is 0. The Labute approximate surface area is 131 Å². The summed E-state index contributed by atoms with van der Waals surface area (Å²) in [5.74, 6) is -0.656. The molecule has 3 rings (SSSR count). The predicted octanol–water partition coefficient (Wildman–Crippen LogP) is 3.00. The van der Waals surface area contributed by atoms with Crippen molar-refractivity contribution >= 4 is 11.9 Å². The third-order valence-corrected chi connectivity index (χ3v) is 5.20. The number of fused-ring (bicyclic) bond motifs is 1. The molecule has 1 fully saturated rings. The number of nitrogens with zero attached hydrogens (tertiary/aromatic N) is 1. The van der Waals surface area contributed by atoms with Crippen molar-refractivity contribution in [3.05, 3.63) is 35.4 Å². The summed E-state index contributed by atoms with van der Waals surface area (Å²) in [6.45, 7) is 1.41. The Kier molecular flexibility index (Phi) is 4.19. The monoisotopic (exact) mass is 301 g/mol. The lowest BCUT2D eigenvalue weighted by Crippen LogP contribution is -2.39. The third-order valence-electron chi connectivity index (χ3n) is 5.20. The molecule has 1 N–H and O–H groups in total. The van der Waals surface area contributed by atoms with Crippen molar-refractivity contribution in [1.29, 1.82) is 0 Å². The van der Waals surface area contributed by atoms with Crippen LogP contribution < -0.4 is 0 Å². The number of carbonyl (C=O) groups is 2. The Morgan fingerprint density at radius 1 is 1.09 bits per heavy atom. The van der Waals surface area contributed by atoms with Gasteiger partial charge in [0.15, 0.2) is 0 Å². The van der Waals surface area contributed by atoms with E-state index < -0.39 is 5.97 Å². The minimum absolute atomic E-state index is 0.123. The number of carboxylic acid groups (broad SMARTS) is 1. The molecule has 1 aliphatic carbocycles. The molecule has 1 aliphatic heterocycles. The van der Waals surface area contributed by atoms with Crippen molar-refractivity contribution in [2.24, 2.45) is 5.41 Å². The normalized spacial score (nSPS) is 19.7. The number of rotatable bonds is 4. The van der Waals surface area contributed by atoms with Crippen LogP contribution in [-0.2, 0) is 22.6 Å². The predicted molar refractivity (Wildman–Crippen MR) is 83.3 cm³/mol. The minimum Gasteiger partial charge on any atom is -0.481 e. The standard InChI is InChI=1S/C18H23NO3/c20-16(11-18(12-17(21)22)8-3-4-9-18)19-10-7-14-5-1-2-6-15(14)13-19/h1-2,5-6H,3-4,7-13H2,(H,21,22). The first-order chi connectivity index (χ1) is 10.6. The molecular weight excluding hydrogens is 278 g/mol. The number of carboxylic acids is 1. The number of carbonyl (C=O) groups excluding carboxylic acids is 1. The summed E-state index contributed by atoms with van der Waals surface area (Å²) in [6, 6.07) is 8.25. The van der Waals surface area contributed by atoms with Crippen LogP contribution in [0.3, 0.4) is 0 Å². The summed E-state index contributed by atoms with van der Waals surface area (Å²) >= 11 is 0. The van der Waals surface area contributed by atoms with Crippen LogP contribution in [-0.4, -0.2) is 28.4 Å². The lowest BCUT2D eigenvalue weighted by Gasteiger charge is -2.33. The molecule has 22 heavy (non-hydrogen) atoms. The number of hydrogen-bond acceptors (Lipinski definition) is 2. The SMILES string of the molecule is O=C(O)CC1(CC(=O)N2CCc3ccccc3C2)CCCC1. The number of benzene rings is 1. The Balaban J connectivity index is 1.68. The van der Waals surface area contributed by atoms with Crippen LogP contribution in [0.1, 0.15) is 49.7 Å². The van der Waals surface area contributed by atoms with Crippen LogP contribution in [0, 0.1) is 5.41 Å². The lowest BCUT2D eigenvalue weighted by molar-refractivity contribution is -0.141. The molecule has 1 aromatic carbocycles. The maximum Gasteiger partial charge on any atom is 0.303 e. The zero-order chi connectivity index (χ0) is 15.6. The summed E-state index contributed by atoms with van der Waals surface area (Å²) in [5, 5.41) is 9.17. The molecule has 0 radical (unpaired) electrons. The van der Waals surface area contributed by atoms with Crippen molar-refractivity contribution in [2.45, 2.75) is 51.5 Å². The lowest BCUT2D eigenvalue weighted by atomic mass is 9.79. The van der Waals surface area contributed by atoms with Crippen LogP contribution >= 0.6 is 0 Å². The smallest absolute Gasteiger partial charge is 0.303 e.